The third-order valence-electron chi connectivity index (χ3n) is 3.00. The highest BCUT2D eigenvalue weighted by atomic mass is 16.5. The van der Waals surface area contributed by atoms with E-state index in [0.29, 0.717) is 19.6 Å². The Morgan fingerprint density at radius 2 is 2.16 bits per heavy atom. The standard InChI is InChI=1S/C12H23N3O4/c1-14(8-10(16)9-19-2)11(17)12(18)15-6-3-4-13-5-7-15/h10,13,16H,3-9H2,1-2H3. The van der Waals surface area contributed by atoms with Crippen molar-refractivity contribution in [3.63, 3.8) is 0 Å². The smallest absolute Gasteiger partial charge is 0.312 e. The second-order valence-corrected chi connectivity index (χ2v) is 4.69. The fourth-order valence-corrected chi connectivity index (χ4v) is 1.99. The summed E-state index contributed by atoms with van der Waals surface area (Å²) < 4.78 is 4.79. The van der Waals surface area contributed by atoms with E-state index < -0.39 is 17.9 Å². The summed E-state index contributed by atoms with van der Waals surface area (Å²) in [5, 5.41) is 12.7. The highest BCUT2D eigenvalue weighted by Crippen LogP contribution is 2.00. The van der Waals surface area contributed by atoms with Crippen LogP contribution in [0.2, 0.25) is 0 Å². The van der Waals surface area contributed by atoms with E-state index in [-0.39, 0.29) is 13.2 Å². The number of nitrogens with one attached hydrogen (secondary N) is 1. The zero-order chi connectivity index (χ0) is 14.3. The van der Waals surface area contributed by atoms with Crippen LogP contribution in [0.3, 0.4) is 0 Å². The normalized spacial score (nSPS) is 17.7. The van der Waals surface area contributed by atoms with Crippen molar-refractivity contribution < 1.29 is 19.4 Å². The van der Waals surface area contributed by atoms with Crippen LogP contribution in [-0.4, -0.2) is 86.3 Å². The number of likely N-dealkylation sites (N-methyl/N-ethyl adjacent to an activating group) is 1. The van der Waals surface area contributed by atoms with Gasteiger partial charge in [0.15, 0.2) is 0 Å². The minimum absolute atomic E-state index is 0.0878. The summed E-state index contributed by atoms with van der Waals surface area (Å²) in [5.74, 6) is -1.09. The van der Waals surface area contributed by atoms with Gasteiger partial charge in [0.05, 0.1) is 12.7 Å². The molecule has 0 aliphatic carbocycles. The Morgan fingerprint density at radius 3 is 2.84 bits per heavy atom. The van der Waals surface area contributed by atoms with Crippen molar-refractivity contribution in [2.24, 2.45) is 0 Å². The molecule has 0 saturated carbocycles. The van der Waals surface area contributed by atoms with Gasteiger partial charge in [0.2, 0.25) is 0 Å². The number of hydrogen-bond acceptors (Lipinski definition) is 5. The number of aliphatic hydroxyl groups excluding tert-OH is 1. The lowest BCUT2D eigenvalue weighted by atomic mass is 10.3. The minimum Gasteiger partial charge on any atom is -0.389 e. The molecule has 1 aliphatic heterocycles. The Labute approximate surface area is 113 Å². The van der Waals surface area contributed by atoms with Crippen LogP contribution in [0.15, 0.2) is 0 Å². The summed E-state index contributed by atoms with van der Waals surface area (Å²) in [4.78, 5) is 26.8. The third-order valence-corrected chi connectivity index (χ3v) is 3.00. The number of hydrogen-bond donors (Lipinski definition) is 2. The van der Waals surface area contributed by atoms with Gasteiger partial charge in [-0.25, -0.2) is 0 Å². The van der Waals surface area contributed by atoms with E-state index in [2.05, 4.69) is 5.32 Å². The first-order chi connectivity index (χ1) is 9.06. The number of nitrogens with zero attached hydrogens (tertiary/aromatic N) is 2. The number of carbonyl (C=O) groups is 2. The first kappa shape index (κ1) is 15.9. The van der Waals surface area contributed by atoms with Gasteiger partial charge in [-0.2, -0.15) is 0 Å². The van der Waals surface area contributed by atoms with Gasteiger partial charge in [0.1, 0.15) is 0 Å². The predicted molar refractivity (Wildman–Crippen MR) is 69.6 cm³/mol. The average molecular weight is 273 g/mol. The van der Waals surface area contributed by atoms with Crippen LogP contribution in [0.4, 0.5) is 0 Å². The van der Waals surface area contributed by atoms with E-state index in [1.807, 2.05) is 0 Å². The van der Waals surface area contributed by atoms with Crippen LogP contribution in [0, 0.1) is 0 Å². The van der Waals surface area contributed by atoms with E-state index in [4.69, 9.17) is 4.74 Å². The summed E-state index contributed by atoms with van der Waals surface area (Å²) in [6.45, 7) is 2.92. The summed E-state index contributed by atoms with van der Waals surface area (Å²) in [7, 11) is 2.98. The fourth-order valence-electron chi connectivity index (χ4n) is 1.99. The van der Waals surface area contributed by atoms with Crippen molar-refractivity contribution in [3.05, 3.63) is 0 Å². The van der Waals surface area contributed by atoms with Crippen molar-refractivity contribution >= 4 is 11.8 Å². The molecule has 0 spiro atoms. The molecule has 1 rings (SSSR count). The molecule has 7 heteroatoms. The molecule has 2 N–H and O–H groups in total. The topological polar surface area (TPSA) is 82.1 Å². The second kappa shape index (κ2) is 8.08. The van der Waals surface area contributed by atoms with Crippen LogP contribution in [0.5, 0.6) is 0 Å². The lowest BCUT2D eigenvalue weighted by molar-refractivity contribution is -0.151. The van der Waals surface area contributed by atoms with Gasteiger partial charge in [-0.3, -0.25) is 9.59 Å². The molecule has 1 aliphatic rings. The zero-order valence-electron chi connectivity index (χ0n) is 11.6. The number of carbonyl (C=O) groups excluding carboxylic acids is 2. The summed E-state index contributed by atoms with van der Waals surface area (Å²) in [6.07, 6.45) is 0.0622. The molecule has 1 fully saturated rings. The van der Waals surface area contributed by atoms with E-state index >= 15 is 0 Å². The second-order valence-electron chi connectivity index (χ2n) is 4.69. The SMILES string of the molecule is COCC(O)CN(C)C(=O)C(=O)N1CCCNCC1. The van der Waals surface area contributed by atoms with Crippen LogP contribution < -0.4 is 5.32 Å². The molecule has 0 aromatic carbocycles. The van der Waals surface area contributed by atoms with Crippen molar-refractivity contribution in [1.82, 2.24) is 15.1 Å². The Bertz CT molecular complexity index is 303. The Balaban J connectivity index is 2.48. The molecule has 0 aromatic rings. The molecular formula is C12H23N3O4. The molecular weight excluding hydrogens is 250 g/mol. The molecule has 1 unspecified atom stereocenters. The average Bonchev–Trinajstić information content (AvgIpc) is 2.66. The van der Waals surface area contributed by atoms with Crippen molar-refractivity contribution in [2.45, 2.75) is 12.5 Å². The monoisotopic (exact) mass is 273 g/mol. The van der Waals surface area contributed by atoms with Crippen molar-refractivity contribution in [1.29, 1.82) is 0 Å². The van der Waals surface area contributed by atoms with E-state index in [0.717, 1.165) is 13.0 Å². The fraction of sp³-hybridized carbons (Fsp3) is 0.833. The summed E-state index contributed by atoms with van der Waals surface area (Å²) in [6, 6.07) is 0. The van der Waals surface area contributed by atoms with Gasteiger partial charge in [-0.15, -0.1) is 0 Å². The Morgan fingerprint density at radius 1 is 1.42 bits per heavy atom. The number of ether oxygens (including phenoxy) is 1. The number of methoxy groups -OCH3 is 1. The molecule has 110 valence electrons. The quantitative estimate of drug-likeness (QED) is 0.595. The molecule has 2 amide bonds. The largest absolute Gasteiger partial charge is 0.389 e. The van der Waals surface area contributed by atoms with Gasteiger partial charge in [-0.05, 0) is 13.0 Å². The van der Waals surface area contributed by atoms with Gasteiger partial charge < -0.3 is 25.0 Å². The number of aliphatic hydroxyl groups is 1. The maximum Gasteiger partial charge on any atom is 0.312 e. The molecule has 1 saturated heterocycles. The Kier molecular flexibility index (Phi) is 6.75. The van der Waals surface area contributed by atoms with Gasteiger partial charge >= 0.3 is 11.8 Å². The van der Waals surface area contributed by atoms with Gasteiger partial charge in [0.25, 0.3) is 0 Å². The lowest BCUT2D eigenvalue weighted by Gasteiger charge is -2.24. The van der Waals surface area contributed by atoms with E-state index in [1.54, 1.807) is 4.90 Å². The first-order valence-corrected chi connectivity index (χ1v) is 6.48. The molecule has 1 atom stereocenters. The zero-order valence-corrected chi connectivity index (χ0v) is 11.6. The van der Waals surface area contributed by atoms with Crippen LogP contribution in [0.25, 0.3) is 0 Å². The number of rotatable bonds is 4. The summed E-state index contributed by atoms with van der Waals surface area (Å²) >= 11 is 0. The molecule has 19 heavy (non-hydrogen) atoms. The van der Waals surface area contributed by atoms with Gasteiger partial charge in [0, 0.05) is 40.3 Å². The van der Waals surface area contributed by atoms with Crippen LogP contribution in [-0.2, 0) is 14.3 Å². The predicted octanol–water partition coefficient (Wildman–Crippen LogP) is -1.73. The summed E-state index contributed by atoms with van der Waals surface area (Å²) in [5.41, 5.74) is 0. The minimum atomic E-state index is -0.780. The van der Waals surface area contributed by atoms with Crippen molar-refractivity contribution in [2.75, 3.05) is 53.5 Å². The first-order valence-electron chi connectivity index (χ1n) is 6.48. The third kappa shape index (κ3) is 5.14. The van der Waals surface area contributed by atoms with E-state index in [1.165, 1.54) is 19.1 Å². The molecule has 1 heterocycles. The highest BCUT2D eigenvalue weighted by molar-refractivity contribution is 6.34. The molecule has 0 radical (unpaired) electrons. The van der Waals surface area contributed by atoms with Gasteiger partial charge in [-0.1, -0.05) is 0 Å². The van der Waals surface area contributed by atoms with E-state index in [9.17, 15) is 14.7 Å². The lowest BCUT2D eigenvalue weighted by Crippen LogP contribution is -2.47. The maximum atomic E-state index is 12.0. The van der Waals surface area contributed by atoms with Crippen LogP contribution in [0.1, 0.15) is 6.42 Å². The maximum absolute atomic E-state index is 12.0. The number of amides is 2. The molecule has 0 aromatic heterocycles. The molecule has 7 nitrogen and oxygen atoms in total. The molecule has 0 bridgehead atoms. The highest BCUT2D eigenvalue weighted by Gasteiger charge is 2.26. The van der Waals surface area contributed by atoms with Crippen molar-refractivity contribution in [3.8, 4) is 0 Å². The Hall–Kier alpha value is -1.18. The van der Waals surface area contributed by atoms with Crippen LogP contribution >= 0.6 is 0 Å².